The van der Waals surface area contributed by atoms with Crippen LogP contribution >= 0.6 is 0 Å². The lowest BCUT2D eigenvalue weighted by Gasteiger charge is -2.35. The monoisotopic (exact) mass is 521 g/mol. The molecule has 1 fully saturated rings. The van der Waals surface area contributed by atoms with Crippen molar-refractivity contribution in [1.82, 2.24) is 9.80 Å². The first kappa shape index (κ1) is 27.3. The summed E-state index contributed by atoms with van der Waals surface area (Å²) in [6, 6.07) is 22.0. The average Bonchev–Trinajstić information content (AvgIpc) is 2.94. The van der Waals surface area contributed by atoms with Gasteiger partial charge in [0.25, 0.3) is 0 Å². The number of hydrogen-bond acceptors (Lipinski definition) is 8. The standard InChI is InChI=1S/C29H35N3O6/c1-35-23-11-13-24(14-12-23)38-26-8-4-3-7-25(26)30-29(34)20-32-17-15-31(16-18-32)19-22(33)21-37-28-10-6-5-9-27(28)36-2/h3-14,22,33H,15-21H2,1-2H3,(H,30,34). The minimum absolute atomic E-state index is 0.102. The number of nitrogens with zero attached hydrogens (tertiary/aromatic N) is 2. The van der Waals surface area contributed by atoms with E-state index in [1.165, 1.54) is 0 Å². The third-order valence-corrected chi connectivity index (χ3v) is 6.25. The maximum atomic E-state index is 12.8. The molecule has 202 valence electrons. The molecule has 1 aliphatic rings. The highest BCUT2D eigenvalue weighted by Gasteiger charge is 2.22. The number of aliphatic hydroxyl groups excluding tert-OH is 1. The highest BCUT2D eigenvalue weighted by Crippen LogP contribution is 2.30. The van der Waals surface area contributed by atoms with Crippen molar-refractivity contribution in [3.05, 3.63) is 72.8 Å². The molecule has 9 heteroatoms. The van der Waals surface area contributed by atoms with Gasteiger partial charge in [-0.2, -0.15) is 0 Å². The van der Waals surface area contributed by atoms with Crippen LogP contribution < -0.4 is 24.3 Å². The number of carbonyl (C=O) groups is 1. The molecule has 1 atom stereocenters. The fraction of sp³-hybridized carbons (Fsp3) is 0.345. The molecule has 1 amide bonds. The van der Waals surface area contributed by atoms with Crippen LogP contribution in [0.4, 0.5) is 5.69 Å². The number of hydrogen-bond donors (Lipinski definition) is 2. The SMILES string of the molecule is COc1ccc(Oc2ccccc2NC(=O)CN2CCN(CC(O)COc3ccccc3OC)CC2)cc1. The van der Waals surface area contributed by atoms with Crippen LogP contribution in [0.3, 0.4) is 0 Å². The third-order valence-electron chi connectivity index (χ3n) is 6.25. The number of benzene rings is 3. The molecule has 0 saturated carbocycles. The number of para-hydroxylation sites is 4. The van der Waals surface area contributed by atoms with Crippen molar-refractivity contribution in [3.63, 3.8) is 0 Å². The van der Waals surface area contributed by atoms with E-state index in [1.807, 2.05) is 72.8 Å². The Hall–Kier alpha value is -3.79. The molecule has 0 aromatic heterocycles. The van der Waals surface area contributed by atoms with E-state index in [0.29, 0.717) is 35.2 Å². The van der Waals surface area contributed by atoms with Crippen molar-refractivity contribution in [2.24, 2.45) is 0 Å². The number of ether oxygens (including phenoxy) is 4. The summed E-state index contributed by atoms with van der Waals surface area (Å²) < 4.78 is 22.2. The molecule has 0 bridgehead atoms. The Bertz CT molecular complexity index is 1160. The van der Waals surface area contributed by atoms with Crippen LogP contribution in [-0.2, 0) is 4.79 Å². The van der Waals surface area contributed by atoms with Crippen molar-refractivity contribution >= 4 is 11.6 Å². The van der Waals surface area contributed by atoms with Gasteiger partial charge in [-0.25, -0.2) is 0 Å². The molecular weight excluding hydrogens is 486 g/mol. The second kappa shape index (κ2) is 13.7. The molecule has 1 unspecified atom stereocenters. The van der Waals surface area contributed by atoms with Crippen LogP contribution in [0, 0.1) is 0 Å². The van der Waals surface area contributed by atoms with Crippen molar-refractivity contribution in [2.45, 2.75) is 6.10 Å². The zero-order valence-electron chi connectivity index (χ0n) is 21.8. The van der Waals surface area contributed by atoms with Gasteiger partial charge in [-0.15, -0.1) is 0 Å². The Balaban J connectivity index is 1.20. The van der Waals surface area contributed by atoms with Gasteiger partial charge in [-0.1, -0.05) is 24.3 Å². The van der Waals surface area contributed by atoms with Crippen LogP contribution in [0.25, 0.3) is 0 Å². The van der Waals surface area contributed by atoms with Gasteiger partial charge in [-0.05, 0) is 48.5 Å². The fourth-order valence-corrected chi connectivity index (χ4v) is 4.23. The Morgan fingerprint density at radius 2 is 1.42 bits per heavy atom. The summed E-state index contributed by atoms with van der Waals surface area (Å²) in [5, 5.41) is 13.4. The number of anilines is 1. The second-order valence-electron chi connectivity index (χ2n) is 9.01. The van der Waals surface area contributed by atoms with Gasteiger partial charge in [0.2, 0.25) is 5.91 Å². The third kappa shape index (κ3) is 7.85. The predicted molar refractivity (Wildman–Crippen MR) is 146 cm³/mol. The number of β-amino-alcohol motifs (C(OH)–C–C–N with tert-alkyl or cyclic N) is 1. The smallest absolute Gasteiger partial charge is 0.238 e. The molecule has 0 radical (unpaired) electrons. The van der Waals surface area contributed by atoms with Crippen LogP contribution in [-0.4, -0.2) is 87.0 Å². The molecule has 38 heavy (non-hydrogen) atoms. The maximum absolute atomic E-state index is 12.8. The summed E-state index contributed by atoms with van der Waals surface area (Å²) >= 11 is 0. The van der Waals surface area contributed by atoms with Crippen molar-refractivity contribution < 1.29 is 28.8 Å². The Morgan fingerprint density at radius 3 is 2.11 bits per heavy atom. The quantitative estimate of drug-likeness (QED) is 0.374. The predicted octanol–water partition coefficient (Wildman–Crippen LogP) is 3.49. The zero-order chi connectivity index (χ0) is 26.7. The summed E-state index contributed by atoms with van der Waals surface area (Å²) in [7, 11) is 3.21. The van der Waals surface area contributed by atoms with Gasteiger partial charge in [0.15, 0.2) is 17.2 Å². The van der Waals surface area contributed by atoms with Crippen molar-refractivity contribution in [1.29, 1.82) is 0 Å². The summed E-state index contributed by atoms with van der Waals surface area (Å²) in [4.78, 5) is 17.1. The minimum atomic E-state index is -0.628. The minimum Gasteiger partial charge on any atom is -0.497 e. The molecule has 3 aromatic carbocycles. The second-order valence-corrected chi connectivity index (χ2v) is 9.01. The number of carbonyl (C=O) groups excluding carboxylic acids is 1. The Kier molecular flexibility index (Phi) is 9.80. The van der Waals surface area contributed by atoms with Gasteiger partial charge in [0.1, 0.15) is 24.2 Å². The molecule has 1 heterocycles. The lowest BCUT2D eigenvalue weighted by Crippen LogP contribution is -2.50. The molecule has 3 aromatic rings. The molecule has 2 N–H and O–H groups in total. The summed E-state index contributed by atoms with van der Waals surface area (Å²) in [6.45, 7) is 3.96. The molecular formula is C29H35N3O6. The fourth-order valence-electron chi connectivity index (χ4n) is 4.23. The number of methoxy groups -OCH3 is 2. The van der Waals surface area contributed by atoms with E-state index in [2.05, 4.69) is 15.1 Å². The van der Waals surface area contributed by atoms with Gasteiger partial charge < -0.3 is 29.4 Å². The Labute approximate surface area is 223 Å². The van der Waals surface area contributed by atoms with Gasteiger partial charge >= 0.3 is 0 Å². The van der Waals surface area contributed by atoms with Crippen LogP contribution in [0.15, 0.2) is 72.8 Å². The highest BCUT2D eigenvalue weighted by atomic mass is 16.5. The van der Waals surface area contributed by atoms with E-state index in [1.54, 1.807) is 14.2 Å². The lowest BCUT2D eigenvalue weighted by atomic mass is 10.2. The van der Waals surface area contributed by atoms with Gasteiger partial charge in [-0.3, -0.25) is 14.6 Å². The van der Waals surface area contributed by atoms with E-state index in [-0.39, 0.29) is 19.1 Å². The zero-order valence-corrected chi connectivity index (χ0v) is 21.8. The maximum Gasteiger partial charge on any atom is 0.238 e. The average molecular weight is 522 g/mol. The molecule has 0 aliphatic carbocycles. The number of piperazine rings is 1. The summed E-state index contributed by atoms with van der Waals surface area (Å²) in [5.74, 6) is 3.12. The molecule has 1 saturated heterocycles. The van der Waals surface area contributed by atoms with Gasteiger partial charge in [0, 0.05) is 32.7 Å². The molecule has 4 rings (SSSR count). The lowest BCUT2D eigenvalue weighted by molar-refractivity contribution is -0.117. The Morgan fingerprint density at radius 1 is 0.816 bits per heavy atom. The van der Waals surface area contributed by atoms with E-state index in [4.69, 9.17) is 18.9 Å². The molecule has 1 aliphatic heterocycles. The van der Waals surface area contributed by atoms with E-state index in [9.17, 15) is 9.90 Å². The number of rotatable bonds is 12. The number of aliphatic hydroxyl groups is 1. The first-order chi connectivity index (χ1) is 18.5. The highest BCUT2D eigenvalue weighted by molar-refractivity contribution is 5.93. The normalized spacial score (nSPS) is 14.9. The largest absolute Gasteiger partial charge is 0.497 e. The van der Waals surface area contributed by atoms with Gasteiger partial charge in [0.05, 0.1) is 26.5 Å². The first-order valence-corrected chi connectivity index (χ1v) is 12.6. The van der Waals surface area contributed by atoms with Crippen molar-refractivity contribution in [2.75, 3.05) is 65.4 Å². The summed E-state index contributed by atoms with van der Waals surface area (Å²) in [5.41, 5.74) is 0.616. The van der Waals surface area contributed by atoms with E-state index >= 15 is 0 Å². The molecule has 0 spiro atoms. The van der Waals surface area contributed by atoms with Crippen molar-refractivity contribution in [3.8, 4) is 28.7 Å². The number of nitrogens with one attached hydrogen (secondary N) is 1. The number of amides is 1. The summed E-state index contributed by atoms with van der Waals surface area (Å²) in [6.07, 6.45) is -0.628. The van der Waals surface area contributed by atoms with E-state index < -0.39 is 6.10 Å². The first-order valence-electron chi connectivity index (χ1n) is 12.6. The topological polar surface area (TPSA) is 92.7 Å². The molecule has 9 nitrogen and oxygen atoms in total. The van der Waals surface area contributed by atoms with Crippen LogP contribution in [0.5, 0.6) is 28.7 Å². The van der Waals surface area contributed by atoms with E-state index in [0.717, 1.165) is 31.9 Å². The van der Waals surface area contributed by atoms with Crippen LogP contribution in [0.2, 0.25) is 0 Å². The van der Waals surface area contributed by atoms with Crippen LogP contribution in [0.1, 0.15) is 0 Å².